The average molecular weight is 292 g/mol. The quantitative estimate of drug-likeness (QED) is 0.407. The second kappa shape index (κ2) is 5.15. The molecule has 0 bridgehead atoms. The number of urea groups is 2. The van der Waals surface area contributed by atoms with E-state index in [9.17, 15) is 14.4 Å². The molecule has 3 rings (SSSR count). The molecule has 10 heteroatoms. The third-order valence-corrected chi connectivity index (χ3v) is 3.00. The van der Waals surface area contributed by atoms with Gasteiger partial charge in [0.05, 0.1) is 12.5 Å². The van der Waals surface area contributed by atoms with Crippen LogP contribution in [0.25, 0.3) is 0 Å². The van der Waals surface area contributed by atoms with E-state index in [0.717, 1.165) is 0 Å². The third-order valence-electron chi connectivity index (χ3n) is 3.00. The van der Waals surface area contributed by atoms with Gasteiger partial charge < -0.3 is 20.4 Å². The first kappa shape index (κ1) is 13.0. The van der Waals surface area contributed by atoms with Gasteiger partial charge in [-0.15, -0.1) is 0 Å². The Morgan fingerprint density at radius 1 is 1.43 bits per heavy atom. The predicted molar refractivity (Wildman–Crippen MR) is 68.9 cm³/mol. The molecule has 2 aliphatic heterocycles. The summed E-state index contributed by atoms with van der Waals surface area (Å²) >= 11 is 0. The first-order valence-electron chi connectivity index (χ1n) is 6.13. The fraction of sp³-hybridized carbons (Fsp3) is 0.273. The average Bonchev–Trinajstić information content (AvgIpc) is 3.10. The highest BCUT2D eigenvalue weighted by Crippen LogP contribution is 2.13. The Bertz CT molecular complexity index is 598. The van der Waals surface area contributed by atoms with Crippen molar-refractivity contribution in [2.75, 3.05) is 6.54 Å². The molecule has 4 N–H and O–H groups in total. The van der Waals surface area contributed by atoms with Crippen molar-refractivity contribution in [2.24, 2.45) is 5.10 Å². The zero-order chi connectivity index (χ0) is 14.8. The maximum absolute atomic E-state index is 11.7. The van der Waals surface area contributed by atoms with Crippen LogP contribution in [0.2, 0.25) is 0 Å². The highest BCUT2D eigenvalue weighted by atomic mass is 16.3. The van der Waals surface area contributed by atoms with E-state index in [0.29, 0.717) is 5.76 Å². The first-order valence-corrected chi connectivity index (χ1v) is 6.13. The van der Waals surface area contributed by atoms with Gasteiger partial charge in [0.25, 0.3) is 5.91 Å². The van der Waals surface area contributed by atoms with Crippen LogP contribution in [0.1, 0.15) is 5.76 Å². The molecule has 1 aromatic heterocycles. The van der Waals surface area contributed by atoms with Crippen molar-refractivity contribution in [3.8, 4) is 0 Å². The highest BCUT2D eigenvalue weighted by Gasteiger charge is 2.45. The number of hydrogen-bond donors (Lipinski definition) is 4. The minimum Gasteiger partial charge on any atom is -0.463 e. The van der Waals surface area contributed by atoms with Gasteiger partial charge in [-0.25, -0.2) is 15.0 Å². The van der Waals surface area contributed by atoms with Crippen LogP contribution in [0.3, 0.4) is 0 Å². The van der Waals surface area contributed by atoms with Crippen molar-refractivity contribution in [3.63, 3.8) is 0 Å². The largest absolute Gasteiger partial charge is 0.463 e. The summed E-state index contributed by atoms with van der Waals surface area (Å²) in [7, 11) is 0. The van der Waals surface area contributed by atoms with Crippen molar-refractivity contribution in [3.05, 3.63) is 24.2 Å². The van der Waals surface area contributed by atoms with Gasteiger partial charge in [0, 0.05) is 0 Å². The van der Waals surface area contributed by atoms with Crippen LogP contribution >= 0.6 is 0 Å². The number of hydrogen-bond acceptors (Lipinski definition) is 5. The molecular formula is C11H12N6O4. The Kier molecular flexibility index (Phi) is 3.18. The Balaban J connectivity index is 1.54. The van der Waals surface area contributed by atoms with Gasteiger partial charge in [-0.3, -0.25) is 9.69 Å². The van der Waals surface area contributed by atoms with Crippen LogP contribution < -0.4 is 21.4 Å². The smallest absolute Gasteiger partial charge is 0.321 e. The Hall–Kier alpha value is -3.04. The van der Waals surface area contributed by atoms with Crippen molar-refractivity contribution in [2.45, 2.75) is 12.3 Å². The van der Waals surface area contributed by atoms with E-state index in [1.807, 2.05) is 0 Å². The molecule has 3 heterocycles. The molecule has 5 amide bonds. The van der Waals surface area contributed by atoms with Gasteiger partial charge >= 0.3 is 12.1 Å². The van der Waals surface area contributed by atoms with Gasteiger partial charge in [-0.05, 0) is 12.1 Å². The molecule has 0 saturated carbocycles. The Morgan fingerprint density at radius 2 is 2.29 bits per heavy atom. The summed E-state index contributed by atoms with van der Waals surface area (Å²) < 4.78 is 5.00. The fourth-order valence-electron chi connectivity index (χ4n) is 2.09. The Morgan fingerprint density at radius 3 is 3.05 bits per heavy atom. The maximum Gasteiger partial charge on any atom is 0.321 e. The van der Waals surface area contributed by atoms with E-state index in [4.69, 9.17) is 4.42 Å². The number of nitrogens with one attached hydrogen (secondary N) is 4. The lowest BCUT2D eigenvalue weighted by molar-refractivity contribution is -0.121. The van der Waals surface area contributed by atoms with Crippen LogP contribution in [0.5, 0.6) is 0 Å². The van der Waals surface area contributed by atoms with E-state index < -0.39 is 30.3 Å². The van der Waals surface area contributed by atoms with Crippen LogP contribution in [0.4, 0.5) is 9.59 Å². The van der Waals surface area contributed by atoms with Crippen molar-refractivity contribution in [1.29, 1.82) is 0 Å². The highest BCUT2D eigenvalue weighted by molar-refractivity contribution is 5.89. The van der Waals surface area contributed by atoms with E-state index in [2.05, 4.69) is 26.5 Å². The van der Waals surface area contributed by atoms with Crippen LogP contribution in [0, 0.1) is 0 Å². The second-order valence-corrected chi connectivity index (χ2v) is 4.43. The van der Waals surface area contributed by atoms with Gasteiger partial charge in [-0.1, -0.05) is 0 Å². The number of nitrogens with zero attached hydrogens (tertiary/aromatic N) is 2. The summed E-state index contributed by atoms with van der Waals surface area (Å²) in [5.41, 5.74) is 2.28. The van der Waals surface area contributed by atoms with Crippen molar-refractivity contribution < 1.29 is 18.8 Å². The van der Waals surface area contributed by atoms with Gasteiger partial charge in [0.15, 0.2) is 0 Å². The zero-order valence-electron chi connectivity index (χ0n) is 10.7. The number of fused-ring (bicyclic) bond motifs is 1. The molecule has 0 aromatic carbocycles. The first-order chi connectivity index (χ1) is 10.1. The zero-order valence-corrected chi connectivity index (χ0v) is 10.7. The number of rotatable bonds is 4. The van der Waals surface area contributed by atoms with E-state index in [1.165, 1.54) is 17.4 Å². The predicted octanol–water partition coefficient (Wildman–Crippen LogP) is -1.28. The van der Waals surface area contributed by atoms with E-state index in [-0.39, 0.29) is 6.54 Å². The SMILES string of the molecule is O=C(CN1C(=O)NC2NC(=O)NC21)NN=Cc1ccco1. The molecular weight excluding hydrogens is 280 g/mol. The molecule has 2 aliphatic rings. The molecule has 10 nitrogen and oxygen atoms in total. The molecule has 1 aromatic rings. The van der Waals surface area contributed by atoms with Gasteiger partial charge in [0.1, 0.15) is 24.6 Å². The summed E-state index contributed by atoms with van der Waals surface area (Å²) in [6.07, 6.45) is 1.69. The van der Waals surface area contributed by atoms with Gasteiger partial charge in [-0.2, -0.15) is 5.10 Å². The van der Waals surface area contributed by atoms with Crippen molar-refractivity contribution in [1.82, 2.24) is 26.3 Å². The summed E-state index contributed by atoms with van der Waals surface area (Å²) in [4.78, 5) is 35.8. The monoisotopic (exact) mass is 292 g/mol. The fourth-order valence-corrected chi connectivity index (χ4v) is 2.09. The number of hydrazone groups is 1. The second-order valence-electron chi connectivity index (χ2n) is 4.43. The van der Waals surface area contributed by atoms with Crippen molar-refractivity contribution >= 4 is 24.2 Å². The molecule has 2 atom stereocenters. The topological polar surface area (TPSA) is 128 Å². The molecule has 21 heavy (non-hydrogen) atoms. The number of amides is 5. The minimum absolute atomic E-state index is 0.232. The summed E-state index contributed by atoms with van der Waals surface area (Å²) in [5.74, 6) is -0.00343. The molecule has 2 saturated heterocycles. The summed E-state index contributed by atoms with van der Waals surface area (Å²) in [6.45, 7) is -0.232. The lowest BCUT2D eigenvalue weighted by Gasteiger charge is -2.19. The lowest BCUT2D eigenvalue weighted by atomic mass is 10.4. The number of carbonyl (C=O) groups is 3. The molecule has 0 spiro atoms. The molecule has 0 radical (unpaired) electrons. The third kappa shape index (κ3) is 2.63. The van der Waals surface area contributed by atoms with Crippen LogP contribution in [-0.2, 0) is 4.79 Å². The summed E-state index contributed by atoms with van der Waals surface area (Å²) in [6, 6.07) is 2.52. The maximum atomic E-state index is 11.7. The Labute approximate surface area is 118 Å². The molecule has 110 valence electrons. The van der Waals surface area contributed by atoms with E-state index >= 15 is 0 Å². The molecule has 0 aliphatic carbocycles. The normalized spacial score (nSPS) is 23.7. The lowest BCUT2D eigenvalue weighted by Crippen LogP contribution is -2.47. The minimum atomic E-state index is -0.593. The number of carbonyl (C=O) groups excluding carboxylic acids is 3. The standard InChI is InChI=1S/C11H12N6O4/c18-7(16-12-4-6-2-1-3-21-6)5-17-9-8(14-11(17)20)13-10(19)15-9/h1-4,8-9H,5H2,(H,14,20)(H,16,18)(H2,13,15,19). The van der Waals surface area contributed by atoms with Gasteiger partial charge in [0.2, 0.25) is 0 Å². The van der Waals surface area contributed by atoms with E-state index in [1.54, 1.807) is 12.1 Å². The summed E-state index contributed by atoms with van der Waals surface area (Å²) in [5, 5.41) is 11.3. The van der Waals surface area contributed by atoms with Crippen LogP contribution in [0.15, 0.2) is 27.9 Å². The number of furan rings is 1. The molecule has 2 unspecified atom stereocenters. The molecule has 2 fully saturated rings. The van der Waals surface area contributed by atoms with Crippen LogP contribution in [-0.4, -0.2) is 48.0 Å².